The van der Waals surface area contributed by atoms with Crippen LogP contribution in [0.1, 0.15) is 42.9 Å². The van der Waals surface area contributed by atoms with E-state index in [2.05, 4.69) is 17.6 Å². The van der Waals surface area contributed by atoms with Crippen molar-refractivity contribution in [2.24, 2.45) is 11.8 Å². The van der Waals surface area contributed by atoms with Gasteiger partial charge >= 0.3 is 0 Å². The standard InChI is InChI=1S/C37H44F2N4O4/c1-2-3-10-16-42-24-31(30(36(42)46)20-25-11-6-4-7-12-25)35(45)41-32(21-27-18-28(38)22-29(39)19-27)34(44)33-37(47)43(17-15-40-33)23-26-13-8-5-9-14-26/h4-9,11-14,18-19,22,30-34,40,44H,2-3,10,15-17,20-21,23-24H2,1H3,(H,41,45)/t30?,31?,32-,33-,34-/m0/s1. The summed E-state index contributed by atoms with van der Waals surface area (Å²) in [5, 5.41) is 17.8. The number of carbonyl (C=O) groups excluding carboxylic acids is 3. The van der Waals surface area contributed by atoms with Crippen molar-refractivity contribution >= 4 is 17.7 Å². The van der Waals surface area contributed by atoms with E-state index in [1.54, 1.807) is 9.80 Å². The van der Waals surface area contributed by atoms with E-state index in [1.807, 2.05) is 60.7 Å². The Bertz CT molecular complexity index is 1490. The molecule has 2 aliphatic rings. The Balaban J connectivity index is 1.39. The number of unbranched alkanes of at least 4 members (excludes halogenated alkanes) is 2. The Labute approximate surface area is 275 Å². The second kappa shape index (κ2) is 16.1. The number of benzene rings is 3. The van der Waals surface area contributed by atoms with E-state index in [1.165, 1.54) is 0 Å². The molecule has 0 aromatic heterocycles. The molecular formula is C37H44F2N4O4. The van der Waals surface area contributed by atoms with Gasteiger partial charge in [0.2, 0.25) is 17.7 Å². The summed E-state index contributed by atoms with van der Waals surface area (Å²) in [6, 6.07) is 20.0. The molecule has 3 N–H and O–H groups in total. The first-order chi connectivity index (χ1) is 22.7. The zero-order chi connectivity index (χ0) is 33.3. The molecule has 3 aromatic carbocycles. The van der Waals surface area contributed by atoms with Gasteiger partial charge in [-0.1, -0.05) is 80.4 Å². The Morgan fingerprint density at radius 3 is 2.23 bits per heavy atom. The van der Waals surface area contributed by atoms with Crippen LogP contribution in [-0.2, 0) is 33.8 Å². The molecule has 2 fully saturated rings. The lowest BCUT2D eigenvalue weighted by Gasteiger charge is -2.38. The minimum Gasteiger partial charge on any atom is -0.389 e. The van der Waals surface area contributed by atoms with Gasteiger partial charge in [-0.05, 0) is 48.1 Å². The van der Waals surface area contributed by atoms with Crippen molar-refractivity contribution in [2.75, 3.05) is 26.2 Å². The Morgan fingerprint density at radius 1 is 0.915 bits per heavy atom. The second-order valence-corrected chi connectivity index (χ2v) is 12.7. The highest BCUT2D eigenvalue weighted by atomic mass is 19.1. The Morgan fingerprint density at radius 2 is 1.57 bits per heavy atom. The first-order valence-electron chi connectivity index (χ1n) is 16.6. The van der Waals surface area contributed by atoms with Crippen LogP contribution in [0.15, 0.2) is 78.9 Å². The van der Waals surface area contributed by atoms with Gasteiger partial charge in [0.15, 0.2) is 0 Å². The molecule has 47 heavy (non-hydrogen) atoms. The number of rotatable bonds is 14. The maximum atomic E-state index is 14.2. The number of halogens is 2. The molecule has 3 aromatic rings. The number of aliphatic hydroxyl groups excluding tert-OH is 1. The predicted octanol–water partition coefficient (Wildman–Crippen LogP) is 3.86. The largest absolute Gasteiger partial charge is 0.389 e. The first-order valence-corrected chi connectivity index (χ1v) is 16.6. The van der Waals surface area contributed by atoms with Gasteiger partial charge < -0.3 is 25.5 Å². The van der Waals surface area contributed by atoms with Crippen LogP contribution >= 0.6 is 0 Å². The average molecular weight is 647 g/mol. The van der Waals surface area contributed by atoms with Crippen molar-refractivity contribution in [3.05, 3.63) is 107 Å². The summed E-state index contributed by atoms with van der Waals surface area (Å²) in [5.41, 5.74) is 2.09. The molecular weight excluding hydrogens is 602 g/mol. The molecule has 0 saturated carbocycles. The van der Waals surface area contributed by atoms with Crippen molar-refractivity contribution in [1.29, 1.82) is 0 Å². The molecule has 10 heteroatoms. The summed E-state index contributed by atoms with van der Waals surface area (Å²) in [6.07, 6.45) is 1.61. The summed E-state index contributed by atoms with van der Waals surface area (Å²) in [6.45, 7) is 4.07. The van der Waals surface area contributed by atoms with Crippen LogP contribution in [0.3, 0.4) is 0 Å². The normalized spacial score (nSPS) is 21.1. The van der Waals surface area contributed by atoms with Gasteiger partial charge in [0.1, 0.15) is 17.7 Å². The van der Waals surface area contributed by atoms with Gasteiger partial charge in [0.25, 0.3) is 0 Å². The number of hydrogen-bond donors (Lipinski definition) is 3. The van der Waals surface area contributed by atoms with E-state index >= 15 is 0 Å². The number of amides is 3. The molecule has 0 bridgehead atoms. The highest BCUT2D eigenvalue weighted by Crippen LogP contribution is 2.30. The van der Waals surface area contributed by atoms with Crippen LogP contribution in [0.25, 0.3) is 0 Å². The highest BCUT2D eigenvalue weighted by Gasteiger charge is 2.45. The smallest absolute Gasteiger partial charge is 0.242 e. The molecule has 2 aliphatic heterocycles. The van der Waals surface area contributed by atoms with Gasteiger partial charge in [-0.2, -0.15) is 0 Å². The second-order valence-electron chi connectivity index (χ2n) is 12.7. The molecule has 250 valence electrons. The van der Waals surface area contributed by atoms with E-state index in [4.69, 9.17) is 0 Å². The fourth-order valence-corrected chi connectivity index (χ4v) is 6.72. The summed E-state index contributed by atoms with van der Waals surface area (Å²) in [7, 11) is 0. The fourth-order valence-electron chi connectivity index (χ4n) is 6.72. The van der Waals surface area contributed by atoms with E-state index in [0.717, 1.165) is 48.6 Å². The lowest BCUT2D eigenvalue weighted by atomic mass is 9.87. The monoisotopic (exact) mass is 646 g/mol. The Kier molecular flexibility index (Phi) is 11.7. The average Bonchev–Trinajstić information content (AvgIpc) is 3.36. The molecule has 3 amide bonds. The minimum absolute atomic E-state index is 0.0879. The van der Waals surface area contributed by atoms with Gasteiger partial charge in [0.05, 0.1) is 24.0 Å². The SMILES string of the molecule is CCCCCN1CC(C(=O)N[C@@H](Cc2cc(F)cc(F)c2)[C@H](O)[C@@H]2NCCN(Cc3ccccc3)C2=O)C(Cc2ccccc2)C1=O. The number of nitrogens with zero attached hydrogens (tertiary/aromatic N) is 2. The summed E-state index contributed by atoms with van der Waals surface area (Å²) in [5.74, 6) is -3.76. The number of piperazine rings is 1. The van der Waals surface area contributed by atoms with Crippen molar-refractivity contribution in [3.8, 4) is 0 Å². The molecule has 0 radical (unpaired) electrons. The number of hydrogen-bond acceptors (Lipinski definition) is 5. The van der Waals surface area contributed by atoms with Crippen LogP contribution in [0.5, 0.6) is 0 Å². The highest BCUT2D eigenvalue weighted by molar-refractivity contribution is 5.91. The van der Waals surface area contributed by atoms with E-state index < -0.39 is 47.6 Å². The van der Waals surface area contributed by atoms with E-state index in [0.29, 0.717) is 32.6 Å². The van der Waals surface area contributed by atoms with E-state index in [9.17, 15) is 28.3 Å². The molecule has 5 rings (SSSR count). The van der Waals surface area contributed by atoms with Crippen LogP contribution in [0, 0.1) is 23.5 Å². The first kappa shape index (κ1) is 34.2. The van der Waals surface area contributed by atoms with Crippen LogP contribution in [0.4, 0.5) is 8.78 Å². The fraction of sp³-hybridized carbons (Fsp3) is 0.432. The third-order valence-electron chi connectivity index (χ3n) is 9.20. The molecule has 8 nitrogen and oxygen atoms in total. The third kappa shape index (κ3) is 8.81. The van der Waals surface area contributed by atoms with Gasteiger partial charge in [-0.25, -0.2) is 8.78 Å². The summed E-state index contributed by atoms with van der Waals surface area (Å²) in [4.78, 5) is 44.8. The third-order valence-corrected chi connectivity index (χ3v) is 9.20. The molecule has 0 spiro atoms. The summed E-state index contributed by atoms with van der Waals surface area (Å²) >= 11 is 0. The molecule has 2 saturated heterocycles. The number of aliphatic hydroxyl groups is 1. The minimum atomic E-state index is -1.43. The molecule has 0 aliphatic carbocycles. The van der Waals surface area contributed by atoms with Crippen LogP contribution in [-0.4, -0.2) is 77.0 Å². The maximum Gasteiger partial charge on any atom is 0.242 e. The van der Waals surface area contributed by atoms with Crippen molar-refractivity contribution in [3.63, 3.8) is 0 Å². The van der Waals surface area contributed by atoms with E-state index in [-0.39, 0.29) is 30.3 Å². The number of carbonyl (C=O) groups is 3. The number of likely N-dealkylation sites (tertiary alicyclic amines) is 1. The number of nitrogens with one attached hydrogen (secondary N) is 2. The van der Waals surface area contributed by atoms with Crippen molar-refractivity contribution < 1.29 is 28.3 Å². The quantitative estimate of drug-likeness (QED) is 0.231. The van der Waals surface area contributed by atoms with Gasteiger partial charge in [-0.3, -0.25) is 14.4 Å². The lowest BCUT2D eigenvalue weighted by molar-refractivity contribution is -0.141. The van der Waals surface area contributed by atoms with Gasteiger partial charge in [0, 0.05) is 38.8 Å². The lowest BCUT2D eigenvalue weighted by Crippen LogP contribution is -2.64. The van der Waals surface area contributed by atoms with Crippen molar-refractivity contribution in [2.45, 2.75) is 63.8 Å². The maximum absolute atomic E-state index is 14.2. The zero-order valence-electron chi connectivity index (χ0n) is 26.8. The molecule has 5 atom stereocenters. The molecule has 2 unspecified atom stereocenters. The van der Waals surface area contributed by atoms with Gasteiger partial charge in [-0.15, -0.1) is 0 Å². The van der Waals surface area contributed by atoms with Crippen LogP contribution in [0.2, 0.25) is 0 Å². The van der Waals surface area contributed by atoms with Crippen molar-refractivity contribution in [1.82, 2.24) is 20.4 Å². The molecule has 2 heterocycles. The Hall–Kier alpha value is -4.15. The predicted molar refractivity (Wildman–Crippen MR) is 175 cm³/mol. The zero-order valence-corrected chi connectivity index (χ0v) is 26.8. The summed E-state index contributed by atoms with van der Waals surface area (Å²) < 4.78 is 28.5. The topological polar surface area (TPSA) is 102 Å². The van der Waals surface area contributed by atoms with Crippen LogP contribution < -0.4 is 10.6 Å².